The van der Waals surface area contributed by atoms with Crippen molar-refractivity contribution in [3.05, 3.63) is 95.3 Å². The van der Waals surface area contributed by atoms with E-state index in [1.165, 1.54) is 42.7 Å². The lowest BCUT2D eigenvalue weighted by Gasteiger charge is -2.32. The van der Waals surface area contributed by atoms with E-state index in [9.17, 15) is 36.8 Å². The number of carbonyl (C=O) groups excluding carboxylic acids is 2. The number of Topliss-reactive ketones (excluding diaryl/α,β-unsaturated/α-hetero) is 1. The SMILES string of the molecule is N#C[C@]1(c2ccccc2)CC(F)(F)CN1C(=O)CCC(=O)c1ccncc1/C=C/c1ccc(OC(F)(F)F)cc1. The molecule has 1 atom stereocenters. The highest BCUT2D eigenvalue weighted by Gasteiger charge is 2.58. The molecule has 2 aromatic carbocycles. The number of aromatic nitrogens is 1. The number of halogens is 5. The van der Waals surface area contributed by atoms with E-state index in [0.717, 1.165) is 17.0 Å². The molecule has 0 spiro atoms. The predicted octanol–water partition coefficient (Wildman–Crippen LogP) is 6.40. The number of likely N-dealkylation sites (tertiary alicyclic amines) is 1. The molecule has 0 unspecified atom stereocenters. The average molecular weight is 556 g/mol. The summed E-state index contributed by atoms with van der Waals surface area (Å²) in [6.07, 6.45) is -0.456. The molecule has 11 heteroatoms. The maximum absolute atomic E-state index is 14.5. The van der Waals surface area contributed by atoms with Crippen LogP contribution in [0.3, 0.4) is 0 Å². The lowest BCUT2D eigenvalue weighted by molar-refractivity contribution is -0.274. The second-order valence-electron chi connectivity index (χ2n) is 9.19. The van der Waals surface area contributed by atoms with Crippen LogP contribution < -0.4 is 4.74 Å². The smallest absolute Gasteiger partial charge is 0.406 e. The Labute approximate surface area is 226 Å². The number of nitrogens with zero attached hydrogens (tertiary/aromatic N) is 3. The van der Waals surface area contributed by atoms with Gasteiger partial charge in [-0.15, -0.1) is 13.2 Å². The summed E-state index contributed by atoms with van der Waals surface area (Å²) in [6, 6.07) is 16.3. The van der Waals surface area contributed by atoms with E-state index in [2.05, 4.69) is 9.72 Å². The molecule has 1 saturated heterocycles. The highest BCUT2D eigenvalue weighted by atomic mass is 19.4. The van der Waals surface area contributed by atoms with Crippen molar-refractivity contribution in [2.45, 2.75) is 37.1 Å². The molecule has 206 valence electrons. The van der Waals surface area contributed by atoms with Gasteiger partial charge in [0.25, 0.3) is 5.92 Å². The fourth-order valence-electron chi connectivity index (χ4n) is 4.58. The van der Waals surface area contributed by atoms with E-state index in [4.69, 9.17) is 0 Å². The van der Waals surface area contributed by atoms with Crippen LogP contribution in [-0.4, -0.2) is 40.4 Å². The molecule has 1 aromatic heterocycles. The predicted molar refractivity (Wildman–Crippen MR) is 135 cm³/mol. The van der Waals surface area contributed by atoms with Gasteiger partial charge in [0.1, 0.15) is 5.75 Å². The van der Waals surface area contributed by atoms with Crippen molar-refractivity contribution < 1.29 is 36.3 Å². The molecule has 40 heavy (non-hydrogen) atoms. The van der Waals surface area contributed by atoms with Crippen LogP contribution in [0.4, 0.5) is 22.0 Å². The van der Waals surface area contributed by atoms with Gasteiger partial charge in [-0.05, 0) is 29.3 Å². The molecule has 0 bridgehead atoms. The topological polar surface area (TPSA) is 83.3 Å². The van der Waals surface area contributed by atoms with Crippen molar-refractivity contribution in [1.29, 1.82) is 5.26 Å². The highest BCUT2D eigenvalue weighted by molar-refractivity contribution is 6.01. The number of ketones is 1. The van der Waals surface area contributed by atoms with Crippen molar-refractivity contribution in [1.82, 2.24) is 9.88 Å². The first-order valence-corrected chi connectivity index (χ1v) is 12.1. The van der Waals surface area contributed by atoms with E-state index in [-0.39, 0.29) is 23.3 Å². The van der Waals surface area contributed by atoms with Crippen LogP contribution in [0.2, 0.25) is 0 Å². The lowest BCUT2D eigenvalue weighted by atomic mass is 9.87. The molecule has 0 N–H and O–H groups in total. The Hall–Kier alpha value is -4.59. The summed E-state index contributed by atoms with van der Waals surface area (Å²) in [4.78, 5) is 31.0. The molecular formula is C29H22F5N3O3. The van der Waals surface area contributed by atoms with Gasteiger partial charge in [0.2, 0.25) is 5.91 Å². The third-order valence-electron chi connectivity index (χ3n) is 6.39. The fourth-order valence-corrected chi connectivity index (χ4v) is 4.58. The van der Waals surface area contributed by atoms with Crippen LogP contribution in [0.1, 0.15) is 46.3 Å². The van der Waals surface area contributed by atoms with Gasteiger partial charge in [0.05, 0.1) is 19.0 Å². The summed E-state index contributed by atoms with van der Waals surface area (Å²) in [5, 5.41) is 9.92. The fraction of sp³-hybridized carbons (Fsp3) is 0.241. The van der Waals surface area contributed by atoms with Gasteiger partial charge in [0.15, 0.2) is 11.3 Å². The molecule has 0 saturated carbocycles. The van der Waals surface area contributed by atoms with E-state index in [0.29, 0.717) is 11.1 Å². The van der Waals surface area contributed by atoms with Crippen molar-refractivity contribution in [2.24, 2.45) is 0 Å². The number of pyridine rings is 1. The number of hydrogen-bond donors (Lipinski definition) is 0. The second-order valence-corrected chi connectivity index (χ2v) is 9.19. The lowest BCUT2D eigenvalue weighted by Crippen LogP contribution is -2.44. The number of benzene rings is 2. The molecule has 2 heterocycles. The van der Waals surface area contributed by atoms with Gasteiger partial charge in [-0.2, -0.15) is 5.26 Å². The molecule has 6 nitrogen and oxygen atoms in total. The van der Waals surface area contributed by atoms with E-state index >= 15 is 0 Å². The molecule has 1 aliphatic heterocycles. The standard InChI is InChI=1S/C29H22F5N3O3/c30-28(31)17-27(18-35,22-4-2-1-3-5-22)37(19-28)26(39)13-12-25(38)24-14-15-36-16-21(24)9-6-20-7-10-23(11-8-20)40-29(32,33)34/h1-11,14-16H,12-13,17,19H2/b9-6+/t27-/m0/s1. The molecule has 0 aliphatic carbocycles. The Balaban J connectivity index is 1.47. The molecule has 1 amide bonds. The van der Waals surface area contributed by atoms with Gasteiger partial charge in [-0.3, -0.25) is 14.6 Å². The number of ether oxygens (including phenoxy) is 1. The Morgan fingerprint density at radius 3 is 2.38 bits per heavy atom. The number of rotatable bonds is 8. The Bertz CT molecular complexity index is 1450. The van der Waals surface area contributed by atoms with Gasteiger partial charge in [-0.25, -0.2) is 8.78 Å². The van der Waals surface area contributed by atoms with Crippen LogP contribution in [0.15, 0.2) is 73.1 Å². The van der Waals surface area contributed by atoms with Crippen molar-refractivity contribution in [3.63, 3.8) is 0 Å². The molecular weight excluding hydrogens is 533 g/mol. The van der Waals surface area contributed by atoms with Crippen molar-refractivity contribution in [2.75, 3.05) is 6.54 Å². The van der Waals surface area contributed by atoms with Gasteiger partial charge >= 0.3 is 6.36 Å². The first-order valence-electron chi connectivity index (χ1n) is 12.1. The first kappa shape index (κ1) is 28.4. The maximum atomic E-state index is 14.5. The van der Waals surface area contributed by atoms with Crippen LogP contribution in [0, 0.1) is 11.3 Å². The monoisotopic (exact) mass is 555 g/mol. The first-order chi connectivity index (χ1) is 18.9. The summed E-state index contributed by atoms with van der Waals surface area (Å²) < 4.78 is 69.9. The van der Waals surface area contributed by atoms with Crippen molar-refractivity contribution in [3.8, 4) is 11.8 Å². The third-order valence-corrected chi connectivity index (χ3v) is 6.39. The van der Waals surface area contributed by atoms with Crippen LogP contribution in [0.25, 0.3) is 12.2 Å². The summed E-state index contributed by atoms with van der Waals surface area (Å²) in [5.41, 5.74) is -0.447. The zero-order chi connectivity index (χ0) is 29.0. The number of nitriles is 1. The van der Waals surface area contributed by atoms with E-state index in [1.807, 2.05) is 6.07 Å². The van der Waals surface area contributed by atoms with Crippen LogP contribution in [-0.2, 0) is 10.3 Å². The maximum Gasteiger partial charge on any atom is 0.573 e. The summed E-state index contributed by atoms with van der Waals surface area (Å²) in [6.45, 7) is -0.932. The van der Waals surface area contributed by atoms with Gasteiger partial charge in [-0.1, -0.05) is 54.6 Å². The normalized spacial score (nSPS) is 18.4. The van der Waals surface area contributed by atoms with Crippen molar-refractivity contribution >= 4 is 23.8 Å². The number of carbonyl (C=O) groups is 2. The van der Waals surface area contributed by atoms with Crippen LogP contribution in [0.5, 0.6) is 5.75 Å². The largest absolute Gasteiger partial charge is 0.573 e. The zero-order valence-electron chi connectivity index (χ0n) is 20.9. The summed E-state index contributed by atoms with van der Waals surface area (Å²) >= 11 is 0. The second kappa shape index (κ2) is 11.3. The molecule has 1 aliphatic rings. The minimum absolute atomic E-state index is 0.220. The quantitative estimate of drug-likeness (QED) is 0.237. The highest BCUT2D eigenvalue weighted by Crippen LogP contribution is 2.46. The Morgan fingerprint density at radius 1 is 1.02 bits per heavy atom. The Kier molecular flexibility index (Phi) is 8.00. The van der Waals surface area contributed by atoms with E-state index in [1.54, 1.807) is 30.4 Å². The molecule has 3 aromatic rings. The molecule has 1 fully saturated rings. The molecule has 4 rings (SSSR count). The average Bonchev–Trinajstić information content (AvgIpc) is 3.22. The number of alkyl halides is 5. The number of hydrogen-bond acceptors (Lipinski definition) is 5. The third kappa shape index (κ3) is 6.51. The summed E-state index contributed by atoms with van der Waals surface area (Å²) in [5.74, 6) is -4.85. The summed E-state index contributed by atoms with van der Waals surface area (Å²) in [7, 11) is 0. The Morgan fingerprint density at radius 2 is 1.73 bits per heavy atom. The van der Waals surface area contributed by atoms with Gasteiger partial charge < -0.3 is 9.64 Å². The minimum atomic E-state index is -4.81. The van der Waals surface area contributed by atoms with Gasteiger partial charge in [0, 0.05) is 36.4 Å². The molecule has 0 radical (unpaired) electrons. The zero-order valence-corrected chi connectivity index (χ0v) is 20.9. The number of amides is 1. The van der Waals surface area contributed by atoms with Crippen LogP contribution >= 0.6 is 0 Å². The van der Waals surface area contributed by atoms with E-state index < -0.39 is 48.9 Å². The minimum Gasteiger partial charge on any atom is -0.406 e.